The van der Waals surface area contributed by atoms with E-state index in [-0.39, 0.29) is 5.91 Å². The van der Waals surface area contributed by atoms with Crippen LogP contribution in [-0.4, -0.2) is 5.91 Å². The van der Waals surface area contributed by atoms with Crippen LogP contribution in [0.5, 0.6) is 0 Å². The largest absolute Gasteiger partial charge is 0.298 e. The van der Waals surface area contributed by atoms with E-state index in [1.54, 1.807) is 12.1 Å². The molecule has 0 atom stereocenters. The fraction of sp³-hybridized carbons (Fsp3) is 0.0714. The number of benzene rings is 2. The molecular weight excluding hydrogens is 328 g/mol. The first-order chi connectivity index (χ1) is 9.08. The van der Waals surface area contributed by atoms with Crippen molar-refractivity contribution in [2.24, 2.45) is 0 Å². The van der Waals surface area contributed by atoms with E-state index < -0.39 is 0 Å². The lowest BCUT2D eigenvalue weighted by molar-refractivity contribution is 0.0962. The maximum atomic E-state index is 12.0. The van der Waals surface area contributed by atoms with Gasteiger partial charge >= 0.3 is 0 Å². The summed E-state index contributed by atoms with van der Waals surface area (Å²) >= 11 is 9.35. The number of carbonyl (C=O) groups is 1. The third-order valence-electron chi connectivity index (χ3n) is 2.61. The Morgan fingerprint density at radius 1 is 1.21 bits per heavy atom. The normalized spacial score (nSPS) is 10.1. The van der Waals surface area contributed by atoms with Gasteiger partial charge in [0.2, 0.25) is 0 Å². The van der Waals surface area contributed by atoms with Gasteiger partial charge in [0.1, 0.15) is 0 Å². The van der Waals surface area contributed by atoms with Crippen LogP contribution in [0.15, 0.2) is 46.9 Å². The smallest absolute Gasteiger partial charge is 0.270 e. The summed E-state index contributed by atoms with van der Waals surface area (Å²) in [6, 6.07) is 12.7. The molecule has 0 heterocycles. The molecule has 5 heteroatoms. The van der Waals surface area contributed by atoms with Crippen LogP contribution < -0.4 is 10.9 Å². The van der Waals surface area contributed by atoms with Crippen molar-refractivity contribution >= 4 is 39.1 Å². The summed E-state index contributed by atoms with van der Waals surface area (Å²) in [5.41, 5.74) is 7.74. The molecule has 2 aromatic carbocycles. The highest BCUT2D eigenvalue weighted by Crippen LogP contribution is 2.20. The quantitative estimate of drug-likeness (QED) is 0.824. The van der Waals surface area contributed by atoms with E-state index in [0.717, 1.165) is 15.7 Å². The molecule has 19 heavy (non-hydrogen) atoms. The topological polar surface area (TPSA) is 41.1 Å². The second-order valence-electron chi connectivity index (χ2n) is 4.02. The minimum atomic E-state index is -0.218. The van der Waals surface area contributed by atoms with Crippen molar-refractivity contribution in [3.63, 3.8) is 0 Å². The SMILES string of the molecule is Cc1ccc(NNC(=O)c2ccccc2Br)cc1Cl. The van der Waals surface area contributed by atoms with Crippen molar-refractivity contribution in [1.82, 2.24) is 5.43 Å². The zero-order chi connectivity index (χ0) is 13.8. The Balaban J connectivity index is 2.04. The van der Waals surface area contributed by atoms with Crippen LogP contribution >= 0.6 is 27.5 Å². The van der Waals surface area contributed by atoms with Crippen molar-refractivity contribution in [1.29, 1.82) is 0 Å². The van der Waals surface area contributed by atoms with Crippen LogP contribution in [0.3, 0.4) is 0 Å². The van der Waals surface area contributed by atoms with Gasteiger partial charge in [0.25, 0.3) is 5.91 Å². The number of carbonyl (C=O) groups excluding carboxylic acids is 1. The van der Waals surface area contributed by atoms with Gasteiger partial charge in [0.15, 0.2) is 0 Å². The fourth-order valence-electron chi connectivity index (χ4n) is 1.51. The Morgan fingerprint density at radius 2 is 1.95 bits per heavy atom. The summed E-state index contributed by atoms with van der Waals surface area (Å²) in [6.07, 6.45) is 0. The molecule has 0 saturated heterocycles. The van der Waals surface area contributed by atoms with Crippen LogP contribution in [0.1, 0.15) is 15.9 Å². The molecule has 1 amide bonds. The number of hydrogen-bond donors (Lipinski definition) is 2. The lowest BCUT2D eigenvalue weighted by Gasteiger charge is -2.10. The van der Waals surface area contributed by atoms with Crippen molar-refractivity contribution in [2.75, 3.05) is 5.43 Å². The van der Waals surface area contributed by atoms with E-state index in [2.05, 4.69) is 26.8 Å². The highest BCUT2D eigenvalue weighted by Gasteiger charge is 2.08. The lowest BCUT2D eigenvalue weighted by atomic mass is 10.2. The number of nitrogens with one attached hydrogen (secondary N) is 2. The molecule has 3 nitrogen and oxygen atoms in total. The van der Waals surface area contributed by atoms with Crippen LogP contribution in [-0.2, 0) is 0 Å². The van der Waals surface area contributed by atoms with Gasteiger partial charge in [-0.1, -0.05) is 29.8 Å². The van der Waals surface area contributed by atoms with E-state index in [0.29, 0.717) is 10.6 Å². The first-order valence-electron chi connectivity index (χ1n) is 5.65. The summed E-state index contributed by atoms with van der Waals surface area (Å²) in [5, 5.41) is 0.653. The van der Waals surface area contributed by atoms with Gasteiger partial charge in [-0.2, -0.15) is 0 Å². The van der Waals surface area contributed by atoms with E-state index in [1.807, 2.05) is 37.3 Å². The second-order valence-corrected chi connectivity index (χ2v) is 5.28. The average molecular weight is 340 g/mol. The van der Waals surface area contributed by atoms with Crippen molar-refractivity contribution in [3.8, 4) is 0 Å². The highest BCUT2D eigenvalue weighted by molar-refractivity contribution is 9.10. The zero-order valence-electron chi connectivity index (χ0n) is 10.2. The van der Waals surface area contributed by atoms with Gasteiger partial charge in [0, 0.05) is 9.50 Å². The first-order valence-corrected chi connectivity index (χ1v) is 6.82. The molecule has 0 spiro atoms. The number of amides is 1. The fourth-order valence-corrected chi connectivity index (χ4v) is 2.16. The van der Waals surface area contributed by atoms with E-state index in [1.165, 1.54) is 0 Å². The number of halogens is 2. The number of aryl methyl sites for hydroxylation is 1. The first kappa shape index (κ1) is 13.9. The maximum Gasteiger partial charge on any atom is 0.270 e. The molecule has 0 aromatic heterocycles. The summed E-state index contributed by atoms with van der Waals surface area (Å²) in [6.45, 7) is 1.92. The Labute approximate surface area is 125 Å². The maximum absolute atomic E-state index is 12.0. The zero-order valence-corrected chi connectivity index (χ0v) is 12.5. The van der Waals surface area contributed by atoms with E-state index in [4.69, 9.17) is 11.6 Å². The van der Waals surface area contributed by atoms with Gasteiger partial charge in [-0.15, -0.1) is 0 Å². The molecule has 2 N–H and O–H groups in total. The predicted molar refractivity (Wildman–Crippen MR) is 81.4 cm³/mol. The average Bonchev–Trinajstić information content (AvgIpc) is 2.40. The van der Waals surface area contributed by atoms with Crippen molar-refractivity contribution < 1.29 is 4.79 Å². The highest BCUT2D eigenvalue weighted by atomic mass is 79.9. The molecule has 2 rings (SSSR count). The van der Waals surface area contributed by atoms with Crippen molar-refractivity contribution in [2.45, 2.75) is 6.92 Å². The summed E-state index contributed by atoms with van der Waals surface area (Å²) in [4.78, 5) is 12.0. The number of anilines is 1. The third-order valence-corrected chi connectivity index (χ3v) is 3.71. The van der Waals surface area contributed by atoms with E-state index in [9.17, 15) is 4.79 Å². The third kappa shape index (κ3) is 3.49. The number of hydrogen-bond acceptors (Lipinski definition) is 2. The van der Waals surface area contributed by atoms with Gasteiger partial charge in [-0.05, 0) is 52.7 Å². The van der Waals surface area contributed by atoms with Crippen molar-refractivity contribution in [3.05, 3.63) is 63.1 Å². The molecule has 0 bridgehead atoms. The molecule has 0 saturated carbocycles. The monoisotopic (exact) mass is 338 g/mol. The van der Waals surface area contributed by atoms with E-state index >= 15 is 0 Å². The Kier molecular flexibility index (Phi) is 4.45. The number of hydrazine groups is 1. The van der Waals surface area contributed by atoms with Crippen LogP contribution in [0.2, 0.25) is 5.02 Å². The second kappa shape index (κ2) is 6.08. The molecule has 0 unspecified atom stereocenters. The van der Waals surface area contributed by atoms with Gasteiger partial charge < -0.3 is 0 Å². The minimum absolute atomic E-state index is 0.218. The van der Waals surface area contributed by atoms with Crippen LogP contribution in [0, 0.1) is 6.92 Å². The predicted octanol–water partition coefficient (Wildman–Crippen LogP) is 4.17. The Hall–Kier alpha value is -1.52. The molecule has 0 aliphatic heterocycles. The summed E-state index contributed by atoms with van der Waals surface area (Å²) in [7, 11) is 0. The summed E-state index contributed by atoms with van der Waals surface area (Å²) in [5.74, 6) is -0.218. The van der Waals surface area contributed by atoms with Crippen LogP contribution in [0.25, 0.3) is 0 Å². The minimum Gasteiger partial charge on any atom is -0.298 e. The standard InChI is InChI=1S/C14H12BrClN2O/c1-9-6-7-10(8-13(9)16)17-18-14(19)11-4-2-3-5-12(11)15/h2-8,17H,1H3,(H,18,19). The Morgan fingerprint density at radius 3 is 2.63 bits per heavy atom. The number of rotatable bonds is 3. The Bertz CT molecular complexity index is 616. The molecule has 98 valence electrons. The summed E-state index contributed by atoms with van der Waals surface area (Å²) < 4.78 is 0.747. The van der Waals surface area contributed by atoms with Gasteiger partial charge in [-0.25, -0.2) is 0 Å². The lowest BCUT2D eigenvalue weighted by Crippen LogP contribution is -2.29. The molecule has 0 aliphatic carbocycles. The van der Waals surface area contributed by atoms with Gasteiger partial charge in [0.05, 0.1) is 11.3 Å². The molecule has 0 fully saturated rings. The molecule has 2 aromatic rings. The molecular formula is C14H12BrClN2O. The molecule has 0 aliphatic rings. The van der Waals surface area contributed by atoms with Gasteiger partial charge in [-0.3, -0.25) is 15.6 Å². The van der Waals surface area contributed by atoms with Crippen LogP contribution in [0.4, 0.5) is 5.69 Å². The molecule has 0 radical (unpaired) electrons.